The van der Waals surface area contributed by atoms with Gasteiger partial charge in [0.1, 0.15) is 17.4 Å². The molecule has 0 unspecified atom stereocenters. The van der Waals surface area contributed by atoms with Crippen molar-refractivity contribution in [2.75, 3.05) is 16.8 Å². The van der Waals surface area contributed by atoms with Gasteiger partial charge in [0, 0.05) is 12.7 Å². The Morgan fingerprint density at radius 3 is 2.34 bits per heavy atom. The summed E-state index contributed by atoms with van der Waals surface area (Å²) in [5.74, 6) is -2.72. The molecule has 0 saturated heterocycles. The molecule has 0 bridgehead atoms. The number of amides is 1. The van der Waals surface area contributed by atoms with Crippen molar-refractivity contribution in [2.45, 2.75) is 19.4 Å². The number of benzene rings is 2. The molecule has 2 aromatic carbocycles. The Balaban J connectivity index is 2.39. The van der Waals surface area contributed by atoms with Crippen LogP contribution in [-0.2, 0) is 4.79 Å². The van der Waals surface area contributed by atoms with E-state index < -0.39 is 28.8 Å². The number of thiocarbonyl (C=S) groups is 1. The second-order valence-corrected chi connectivity index (χ2v) is 7.26. The van der Waals surface area contributed by atoms with Crippen LogP contribution in [0, 0.1) is 17.1 Å². The van der Waals surface area contributed by atoms with E-state index in [1.807, 2.05) is 6.07 Å². The molecule has 2 aromatic rings. The Kier molecular flexibility index (Phi) is 6.57. The Hall–Kier alpha value is -3.02. The van der Waals surface area contributed by atoms with Crippen LogP contribution in [0.2, 0.25) is 5.02 Å². The van der Waals surface area contributed by atoms with Crippen LogP contribution in [0.1, 0.15) is 29.8 Å². The minimum atomic E-state index is -1.38. The van der Waals surface area contributed by atoms with Gasteiger partial charge in [0.15, 0.2) is 0 Å². The number of hydrogen-bond donors (Lipinski definition) is 1. The summed E-state index contributed by atoms with van der Waals surface area (Å²) >= 11 is 11.1. The monoisotopic (exact) mass is 433 g/mol. The Bertz CT molecular complexity index is 1040. The van der Waals surface area contributed by atoms with Crippen LogP contribution in [0.3, 0.4) is 0 Å². The number of likely N-dealkylation sites (N-methyl/N-ethyl adjacent to an activating group) is 1. The lowest BCUT2D eigenvalue weighted by Crippen LogP contribution is -2.55. The molecule has 1 N–H and O–H groups in total. The van der Waals surface area contributed by atoms with Crippen molar-refractivity contribution in [1.29, 1.82) is 5.26 Å². The lowest BCUT2D eigenvalue weighted by atomic mass is 9.99. The van der Waals surface area contributed by atoms with E-state index in [1.54, 1.807) is 27.0 Å². The predicted octanol–water partition coefficient (Wildman–Crippen LogP) is 4.25. The molecule has 0 aliphatic carbocycles. The first-order valence-corrected chi connectivity index (χ1v) is 9.14. The van der Waals surface area contributed by atoms with Crippen molar-refractivity contribution in [3.63, 3.8) is 0 Å². The Labute approximate surface area is 177 Å². The first-order valence-electron chi connectivity index (χ1n) is 8.30. The topological polar surface area (TPSA) is 84.6 Å². The number of nitriles is 1. The van der Waals surface area contributed by atoms with Crippen LogP contribution < -0.4 is 9.80 Å². The van der Waals surface area contributed by atoms with E-state index in [1.165, 1.54) is 28.0 Å². The van der Waals surface area contributed by atoms with Crippen LogP contribution in [-0.4, -0.2) is 35.1 Å². The van der Waals surface area contributed by atoms with Gasteiger partial charge in [-0.2, -0.15) is 5.26 Å². The maximum absolute atomic E-state index is 14.1. The molecule has 0 saturated carbocycles. The zero-order chi connectivity index (χ0) is 21.9. The lowest BCUT2D eigenvalue weighted by molar-refractivity contribution is -0.121. The molecule has 2 rings (SSSR count). The molecule has 0 radical (unpaired) electrons. The quantitative estimate of drug-likeness (QED) is 0.685. The van der Waals surface area contributed by atoms with E-state index >= 15 is 0 Å². The normalized spacial score (nSPS) is 10.8. The van der Waals surface area contributed by atoms with E-state index in [0.717, 1.165) is 17.6 Å². The number of aromatic carboxylic acids is 1. The molecular weight excluding hydrogens is 417 g/mol. The third kappa shape index (κ3) is 4.36. The van der Waals surface area contributed by atoms with Gasteiger partial charge in [-0.15, -0.1) is 0 Å². The summed E-state index contributed by atoms with van der Waals surface area (Å²) in [6.45, 7) is 3.24. The minimum Gasteiger partial charge on any atom is -0.478 e. The SMILES string of the molecule is CN(c1ccc(C(=O)O)c(F)c1)C(C)(C)C(=O)N(C=S)c1ccc(C#N)c(Cl)c1. The van der Waals surface area contributed by atoms with Crippen LogP contribution in [0.4, 0.5) is 15.8 Å². The molecular formula is C20H17ClFN3O3S. The maximum atomic E-state index is 14.1. The molecule has 0 aliphatic rings. The van der Waals surface area contributed by atoms with Gasteiger partial charge in [-0.3, -0.25) is 9.69 Å². The number of hydrogen-bond acceptors (Lipinski definition) is 5. The third-order valence-electron chi connectivity index (χ3n) is 4.61. The van der Waals surface area contributed by atoms with Gasteiger partial charge >= 0.3 is 5.97 Å². The molecule has 0 fully saturated rings. The summed E-state index contributed by atoms with van der Waals surface area (Å²) in [7, 11) is 1.58. The van der Waals surface area contributed by atoms with E-state index in [4.69, 9.17) is 34.2 Å². The smallest absolute Gasteiger partial charge is 0.338 e. The standard InChI is InChI=1S/C20H17ClFN3O3S/c1-20(2,24(3)13-6-7-15(18(26)27)17(22)9-13)19(28)25(11-29)14-5-4-12(10-23)16(21)8-14/h4-9,11H,1-3H3,(H,26,27). The Morgan fingerprint density at radius 2 is 1.86 bits per heavy atom. The van der Waals surface area contributed by atoms with Crippen molar-refractivity contribution in [3.8, 4) is 6.07 Å². The molecule has 0 atom stereocenters. The molecule has 0 aliphatic heterocycles. The fraction of sp³-hybridized carbons (Fsp3) is 0.200. The molecule has 6 nitrogen and oxygen atoms in total. The largest absolute Gasteiger partial charge is 0.478 e. The lowest BCUT2D eigenvalue weighted by Gasteiger charge is -2.38. The van der Waals surface area contributed by atoms with Crippen LogP contribution in [0.15, 0.2) is 36.4 Å². The van der Waals surface area contributed by atoms with E-state index in [9.17, 15) is 14.0 Å². The van der Waals surface area contributed by atoms with Gasteiger partial charge in [-0.05, 0) is 50.2 Å². The molecule has 0 spiro atoms. The van der Waals surface area contributed by atoms with Gasteiger partial charge in [-0.25, -0.2) is 9.18 Å². The highest BCUT2D eigenvalue weighted by Gasteiger charge is 2.37. The highest BCUT2D eigenvalue weighted by atomic mass is 35.5. The first kappa shape index (κ1) is 22.3. The summed E-state index contributed by atoms with van der Waals surface area (Å²) < 4.78 is 14.1. The highest BCUT2D eigenvalue weighted by Crippen LogP contribution is 2.29. The number of carbonyl (C=O) groups is 2. The minimum absolute atomic E-state index is 0.178. The number of carbonyl (C=O) groups excluding carboxylic acids is 1. The number of carboxylic acids is 1. The molecule has 150 valence electrons. The summed E-state index contributed by atoms with van der Waals surface area (Å²) in [5, 5.41) is 18.2. The van der Waals surface area contributed by atoms with E-state index in [0.29, 0.717) is 11.4 Å². The van der Waals surface area contributed by atoms with Crippen LogP contribution >= 0.6 is 23.8 Å². The average molecular weight is 434 g/mol. The summed E-state index contributed by atoms with van der Waals surface area (Å²) in [6, 6.07) is 10.0. The number of rotatable bonds is 6. The van der Waals surface area contributed by atoms with Gasteiger partial charge < -0.3 is 10.0 Å². The van der Waals surface area contributed by atoms with Gasteiger partial charge in [0.05, 0.1) is 27.3 Å². The third-order valence-corrected chi connectivity index (χ3v) is 5.13. The summed E-state index contributed by atoms with van der Waals surface area (Å²) in [4.78, 5) is 27.0. The predicted molar refractivity (Wildman–Crippen MR) is 113 cm³/mol. The zero-order valence-corrected chi connectivity index (χ0v) is 17.4. The van der Waals surface area contributed by atoms with Crippen molar-refractivity contribution in [3.05, 3.63) is 58.4 Å². The number of carboxylic acid groups (broad SMARTS) is 1. The maximum Gasteiger partial charge on any atom is 0.338 e. The fourth-order valence-electron chi connectivity index (χ4n) is 2.62. The van der Waals surface area contributed by atoms with Gasteiger partial charge in [0.25, 0.3) is 5.91 Å². The second kappa shape index (κ2) is 8.55. The van der Waals surface area contributed by atoms with E-state index in [-0.39, 0.29) is 10.6 Å². The van der Waals surface area contributed by atoms with Gasteiger partial charge in [0.2, 0.25) is 0 Å². The van der Waals surface area contributed by atoms with Crippen molar-refractivity contribution in [1.82, 2.24) is 0 Å². The van der Waals surface area contributed by atoms with E-state index in [2.05, 4.69) is 0 Å². The zero-order valence-electron chi connectivity index (χ0n) is 15.8. The second-order valence-electron chi connectivity index (χ2n) is 6.64. The molecule has 29 heavy (non-hydrogen) atoms. The van der Waals surface area contributed by atoms with Crippen molar-refractivity contribution < 1.29 is 19.1 Å². The summed E-state index contributed by atoms with van der Waals surface area (Å²) in [5.41, 5.74) is 0.462. The molecule has 9 heteroatoms. The summed E-state index contributed by atoms with van der Waals surface area (Å²) in [6.07, 6.45) is 0. The highest BCUT2D eigenvalue weighted by molar-refractivity contribution is 7.79. The van der Waals surface area contributed by atoms with Crippen LogP contribution in [0.25, 0.3) is 0 Å². The van der Waals surface area contributed by atoms with Gasteiger partial charge in [-0.1, -0.05) is 23.8 Å². The molecule has 0 aromatic heterocycles. The number of anilines is 2. The Morgan fingerprint density at radius 1 is 1.24 bits per heavy atom. The molecule has 1 amide bonds. The average Bonchev–Trinajstić information content (AvgIpc) is 2.67. The fourth-order valence-corrected chi connectivity index (χ4v) is 3.05. The number of nitrogens with zero attached hydrogens (tertiary/aromatic N) is 3. The molecule has 0 heterocycles. The van der Waals surface area contributed by atoms with Crippen molar-refractivity contribution in [2.24, 2.45) is 0 Å². The first-order chi connectivity index (χ1) is 13.5. The number of halogens is 2. The van der Waals surface area contributed by atoms with Crippen LogP contribution in [0.5, 0.6) is 0 Å². The van der Waals surface area contributed by atoms with Crippen molar-refractivity contribution >= 4 is 52.6 Å².